The second kappa shape index (κ2) is 10.9. The maximum Gasteiger partial charge on any atom is 0.312 e. The van der Waals surface area contributed by atoms with Gasteiger partial charge in [0, 0.05) is 17.9 Å². The first-order valence-corrected chi connectivity index (χ1v) is 12.4. The Bertz CT molecular complexity index is 839. The fourth-order valence-corrected chi connectivity index (χ4v) is 4.81. The Morgan fingerprint density at radius 1 is 1.21 bits per heavy atom. The number of carbonyl (C=O) groups is 2. The lowest BCUT2D eigenvalue weighted by Crippen LogP contribution is -2.36. The quantitative estimate of drug-likeness (QED) is 0.527. The van der Waals surface area contributed by atoms with E-state index >= 15 is 0 Å². The molecule has 1 heterocycles. The molecule has 6 heteroatoms. The van der Waals surface area contributed by atoms with Crippen LogP contribution in [0.25, 0.3) is 0 Å². The summed E-state index contributed by atoms with van der Waals surface area (Å²) in [6.45, 7) is 10.0. The first-order chi connectivity index (χ1) is 15.6. The van der Waals surface area contributed by atoms with Gasteiger partial charge in [-0.1, -0.05) is 37.8 Å². The lowest BCUT2D eigenvalue weighted by Gasteiger charge is -2.34. The molecule has 3 rings (SSSR count). The number of esters is 2. The van der Waals surface area contributed by atoms with Crippen LogP contribution in [0.5, 0.6) is 5.75 Å². The molecule has 33 heavy (non-hydrogen) atoms. The van der Waals surface area contributed by atoms with Gasteiger partial charge in [0.15, 0.2) is 0 Å². The van der Waals surface area contributed by atoms with Gasteiger partial charge in [-0.05, 0) is 58.6 Å². The topological polar surface area (TPSA) is 82.1 Å². The number of aliphatic hydroxyl groups is 1. The zero-order valence-electron chi connectivity index (χ0n) is 20.8. The second-order valence-electron chi connectivity index (χ2n) is 10.5. The largest absolute Gasteiger partial charge is 0.489 e. The van der Waals surface area contributed by atoms with Crippen molar-refractivity contribution in [2.45, 2.75) is 104 Å². The van der Waals surface area contributed by atoms with Crippen LogP contribution in [0.3, 0.4) is 0 Å². The van der Waals surface area contributed by atoms with Crippen LogP contribution in [0.4, 0.5) is 0 Å². The Kier molecular flexibility index (Phi) is 8.43. The lowest BCUT2D eigenvalue weighted by molar-refractivity contribution is -0.165. The molecule has 1 aromatic carbocycles. The van der Waals surface area contributed by atoms with Crippen LogP contribution in [-0.2, 0) is 19.1 Å². The highest BCUT2D eigenvalue weighted by Crippen LogP contribution is 2.43. The van der Waals surface area contributed by atoms with Gasteiger partial charge >= 0.3 is 11.9 Å². The highest BCUT2D eigenvalue weighted by molar-refractivity contribution is 5.76. The zero-order chi connectivity index (χ0) is 24.2. The predicted molar refractivity (Wildman–Crippen MR) is 126 cm³/mol. The fraction of sp³-hybridized carbons (Fsp3) is 0.704. The summed E-state index contributed by atoms with van der Waals surface area (Å²) in [5.74, 6) is 0.344. The van der Waals surface area contributed by atoms with Gasteiger partial charge in [-0.15, -0.1) is 0 Å². The van der Waals surface area contributed by atoms with Crippen LogP contribution >= 0.6 is 0 Å². The van der Waals surface area contributed by atoms with Crippen molar-refractivity contribution in [1.29, 1.82) is 0 Å². The molecule has 3 atom stereocenters. The molecular formula is C27H40O6. The highest BCUT2D eigenvalue weighted by atomic mass is 16.6. The minimum Gasteiger partial charge on any atom is -0.489 e. The van der Waals surface area contributed by atoms with Crippen molar-refractivity contribution in [2.75, 3.05) is 6.61 Å². The number of cyclic esters (lactones) is 1. The number of aliphatic hydroxyl groups excluding tert-OH is 1. The Morgan fingerprint density at radius 2 is 1.91 bits per heavy atom. The van der Waals surface area contributed by atoms with Crippen LogP contribution in [0, 0.1) is 25.2 Å². The van der Waals surface area contributed by atoms with Crippen molar-refractivity contribution >= 4 is 11.9 Å². The van der Waals surface area contributed by atoms with Crippen molar-refractivity contribution in [3.63, 3.8) is 0 Å². The average molecular weight is 461 g/mol. The van der Waals surface area contributed by atoms with E-state index in [0.29, 0.717) is 18.6 Å². The molecule has 1 N–H and O–H groups in total. The van der Waals surface area contributed by atoms with E-state index in [0.717, 1.165) is 42.4 Å². The number of aryl methyl sites for hydroxylation is 2. The summed E-state index contributed by atoms with van der Waals surface area (Å²) >= 11 is 0. The van der Waals surface area contributed by atoms with Crippen LogP contribution < -0.4 is 4.74 Å². The molecule has 1 saturated heterocycles. The van der Waals surface area contributed by atoms with Gasteiger partial charge in [0.25, 0.3) is 0 Å². The van der Waals surface area contributed by atoms with Crippen LogP contribution in [0.15, 0.2) is 12.1 Å². The normalized spacial score (nSPS) is 23.0. The molecule has 184 valence electrons. The minimum absolute atomic E-state index is 0.0260. The monoisotopic (exact) mass is 460 g/mol. The summed E-state index contributed by atoms with van der Waals surface area (Å²) in [4.78, 5) is 24.9. The van der Waals surface area contributed by atoms with Gasteiger partial charge in [0.1, 0.15) is 24.6 Å². The van der Waals surface area contributed by atoms with E-state index in [1.807, 2.05) is 34.6 Å². The smallest absolute Gasteiger partial charge is 0.312 e. The number of ether oxygens (including phenoxy) is 3. The molecule has 1 aliphatic heterocycles. The molecule has 2 fully saturated rings. The van der Waals surface area contributed by atoms with Crippen molar-refractivity contribution < 1.29 is 28.9 Å². The molecule has 0 radical (unpaired) electrons. The van der Waals surface area contributed by atoms with Crippen molar-refractivity contribution in [2.24, 2.45) is 11.3 Å². The third-order valence-electron chi connectivity index (χ3n) is 7.15. The average Bonchev–Trinajstić information content (AvgIpc) is 2.76. The maximum absolute atomic E-state index is 13.1. The molecule has 0 unspecified atom stereocenters. The van der Waals surface area contributed by atoms with E-state index in [1.54, 1.807) is 0 Å². The van der Waals surface area contributed by atoms with Gasteiger partial charge in [0.05, 0.1) is 17.9 Å². The molecule has 0 amide bonds. The van der Waals surface area contributed by atoms with Gasteiger partial charge in [-0.25, -0.2) is 0 Å². The van der Waals surface area contributed by atoms with Gasteiger partial charge in [-0.2, -0.15) is 0 Å². The molecule has 2 aliphatic rings. The Morgan fingerprint density at radius 3 is 2.55 bits per heavy atom. The third kappa shape index (κ3) is 6.50. The molecule has 1 saturated carbocycles. The Labute approximate surface area is 198 Å². The molecule has 1 aliphatic carbocycles. The summed E-state index contributed by atoms with van der Waals surface area (Å²) in [5, 5.41) is 9.94. The first-order valence-electron chi connectivity index (χ1n) is 12.4. The van der Waals surface area contributed by atoms with Crippen LogP contribution in [-0.4, -0.2) is 35.9 Å². The molecular weight excluding hydrogens is 420 g/mol. The van der Waals surface area contributed by atoms with Gasteiger partial charge in [0.2, 0.25) is 0 Å². The number of carbonyl (C=O) groups excluding carboxylic acids is 2. The molecule has 1 aromatic rings. The van der Waals surface area contributed by atoms with Crippen molar-refractivity contribution in [1.82, 2.24) is 0 Å². The number of benzene rings is 1. The number of hydrogen-bond acceptors (Lipinski definition) is 6. The summed E-state index contributed by atoms with van der Waals surface area (Å²) in [7, 11) is 0. The summed E-state index contributed by atoms with van der Waals surface area (Å²) in [6.07, 6.45) is 5.02. The second-order valence-corrected chi connectivity index (χ2v) is 10.5. The summed E-state index contributed by atoms with van der Waals surface area (Å²) in [5.41, 5.74) is 2.38. The third-order valence-corrected chi connectivity index (χ3v) is 7.15. The first kappa shape index (κ1) is 25.5. The van der Waals surface area contributed by atoms with Crippen molar-refractivity contribution in [3.8, 4) is 5.75 Å². The number of rotatable bonds is 8. The minimum atomic E-state index is -0.703. The fourth-order valence-electron chi connectivity index (χ4n) is 4.81. The summed E-state index contributed by atoms with van der Waals surface area (Å²) < 4.78 is 17.9. The summed E-state index contributed by atoms with van der Waals surface area (Å²) in [6, 6.07) is 4.12. The predicted octanol–water partition coefficient (Wildman–Crippen LogP) is 5.35. The SMILES string of the molecule is CCC(C)(C)C(=O)O[C@@H](c1cc(C)cc(C)c1OC[C@@H]1C[C@@H](O)CC(=O)O1)C1CCCCC1. The van der Waals surface area contributed by atoms with Crippen molar-refractivity contribution in [3.05, 3.63) is 28.8 Å². The maximum atomic E-state index is 13.1. The van der Waals surface area contributed by atoms with Crippen LogP contribution in [0.1, 0.15) is 94.9 Å². The Hall–Kier alpha value is -2.08. The van der Waals surface area contributed by atoms with E-state index in [-0.39, 0.29) is 31.0 Å². The van der Waals surface area contributed by atoms with E-state index in [2.05, 4.69) is 12.1 Å². The lowest BCUT2D eigenvalue weighted by atomic mass is 9.81. The molecule has 0 bridgehead atoms. The van der Waals surface area contributed by atoms with Gasteiger partial charge < -0.3 is 19.3 Å². The zero-order valence-corrected chi connectivity index (χ0v) is 20.8. The highest BCUT2D eigenvalue weighted by Gasteiger charge is 2.36. The molecule has 0 spiro atoms. The van der Waals surface area contributed by atoms with Crippen LogP contribution in [0.2, 0.25) is 0 Å². The van der Waals surface area contributed by atoms with E-state index in [4.69, 9.17) is 14.2 Å². The Balaban J connectivity index is 1.91. The van der Waals surface area contributed by atoms with E-state index < -0.39 is 23.6 Å². The van der Waals surface area contributed by atoms with Gasteiger partial charge in [-0.3, -0.25) is 9.59 Å². The number of hydrogen-bond donors (Lipinski definition) is 1. The molecule has 0 aromatic heterocycles. The standard InChI is InChI=1S/C27H40O6/c1-6-27(4,5)26(30)33-25(19-10-8-7-9-11-19)22-13-17(2)12-18(3)24(22)31-16-21-14-20(28)15-23(29)32-21/h12-13,19-21,25,28H,6-11,14-16H2,1-5H3/t20-,21+,25-/m1/s1. The van der Waals surface area contributed by atoms with E-state index in [9.17, 15) is 14.7 Å². The molecule has 6 nitrogen and oxygen atoms in total. The van der Waals surface area contributed by atoms with E-state index in [1.165, 1.54) is 6.42 Å².